The third kappa shape index (κ3) is 4.04. The number of aliphatic imine (C=N–C) groups is 1. The fourth-order valence-electron chi connectivity index (χ4n) is 2.69. The van der Waals surface area contributed by atoms with Crippen molar-refractivity contribution in [2.45, 2.75) is 20.0 Å². The Morgan fingerprint density at radius 3 is 2.89 bits per heavy atom. The Kier molecular flexibility index (Phi) is 5.34. The number of hydrogen-bond donors (Lipinski definition) is 2. The molecule has 4 aromatic rings. The van der Waals surface area contributed by atoms with Gasteiger partial charge in [0.05, 0.1) is 16.8 Å². The van der Waals surface area contributed by atoms with Crippen molar-refractivity contribution in [2.75, 3.05) is 6.54 Å². The van der Waals surface area contributed by atoms with Gasteiger partial charge in [0.2, 0.25) is 0 Å². The molecule has 0 bridgehead atoms. The SMILES string of the molecule is CCNC(=NCc1ncnn1C)NCc1ccc(-c2nc3ccccc3s2)o1. The molecule has 0 saturated heterocycles. The maximum Gasteiger partial charge on any atom is 0.192 e. The van der Waals surface area contributed by atoms with E-state index in [1.165, 1.54) is 6.33 Å². The van der Waals surface area contributed by atoms with Crippen molar-refractivity contribution in [3.05, 3.63) is 54.3 Å². The summed E-state index contributed by atoms with van der Waals surface area (Å²) in [6, 6.07) is 12.0. The molecule has 0 saturated carbocycles. The number of hydrogen-bond acceptors (Lipinski definition) is 6. The van der Waals surface area contributed by atoms with Gasteiger partial charge in [-0.15, -0.1) is 11.3 Å². The molecule has 0 fully saturated rings. The predicted octanol–water partition coefficient (Wildman–Crippen LogP) is 2.94. The number of guanidine groups is 1. The Labute approximate surface area is 166 Å². The van der Waals surface area contributed by atoms with Crippen molar-refractivity contribution in [3.63, 3.8) is 0 Å². The molecule has 0 spiro atoms. The highest BCUT2D eigenvalue weighted by Crippen LogP contribution is 2.31. The number of aryl methyl sites for hydroxylation is 1. The Hall–Kier alpha value is -3.20. The van der Waals surface area contributed by atoms with Crippen molar-refractivity contribution in [1.82, 2.24) is 30.4 Å². The summed E-state index contributed by atoms with van der Waals surface area (Å²) >= 11 is 1.63. The van der Waals surface area contributed by atoms with Crippen LogP contribution in [0.15, 0.2) is 52.1 Å². The second-order valence-electron chi connectivity index (χ2n) is 6.10. The zero-order chi connectivity index (χ0) is 19.3. The lowest BCUT2D eigenvalue weighted by Crippen LogP contribution is -2.36. The van der Waals surface area contributed by atoms with E-state index in [0.29, 0.717) is 19.0 Å². The topological polar surface area (TPSA) is 93.2 Å². The number of nitrogens with one attached hydrogen (secondary N) is 2. The molecule has 0 radical (unpaired) electrons. The number of rotatable bonds is 6. The lowest BCUT2D eigenvalue weighted by Gasteiger charge is -2.09. The second kappa shape index (κ2) is 8.22. The Balaban J connectivity index is 1.42. The molecule has 144 valence electrons. The van der Waals surface area contributed by atoms with Crippen LogP contribution in [0.25, 0.3) is 21.0 Å². The number of benzene rings is 1. The zero-order valence-corrected chi connectivity index (χ0v) is 16.5. The normalized spacial score (nSPS) is 11.9. The largest absolute Gasteiger partial charge is 0.457 e. The van der Waals surface area contributed by atoms with E-state index in [4.69, 9.17) is 4.42 Å². The van der Waals surface area contributed by atoms with Gasteiger partial charge in [0.1, 0.15) is 24.5 Å². The molecule has 0 atom stereocenters. The fraction of sp³-hybridized carbons (Fsp3) is 0.263. The number of furan rings is 1. The van der Waals surface area contributed by atoms with E-state index in [2.05, 4.69) is 36.8 Å². The lowest BCUT2D eigenvalue weighted by molar-refractivity contribution is 0.513. The molecule has 4 rings (SSSR count). The third-order valence-corrected chi connectivity index (χ3v) is 5.18. The molecular weight excluding hydrogens is 374 g/mol. The smallest absolute Gasteiger partial charge is 0.192 e. The van der Waals surface area contributed by atoms with Gasteiger partial charge < -0.3 is 15.1 Å². The minimum atomic E-state index is 0.445. The lowest BCUT2D eigenvalue weighted by atomic mass is 10.3. The van der Waals surface area contributed by atoms with Crippen LogP contribution < -0.4 is 10.6 Å². The van der Waals surface area contributed by atoms with Gasteiger partial charge in [-0.05, 0) is 31.2 Å². The van der Waals surface area contributed by atoms with E-state index in [0.717, 1.165) is 39.1 Å². The van der Waals surface area contributed by atoms with Gasteiger partial charge in [-0.1, -0.05) is 12.1 Å². The van der Waals surface area contributed by atoms with Crippen LogP contribution in [0.5, 0.6) is 0 Å². The van der Waals surface area contributed by atoms with Crippen molar-refractivity contribution >= 4 is 27.5 Å². The highest BCUT2D eigenvalue weighted by atomic mass is 32.1. The molecule has 9 heteroatoms. The van der Waals surface area contributed by atoms with Gasteiger partial charge in [-0.25, -0.2) is 15.0 Å². The maximum absolute atomic E-state index is 5.97. The Bertz CT molecular complexity index is 1060. The molecule has 0 unspecified atom stereocenters. The van der Waals surface area contributed by atoms with Crippen LogP contribution in [0.2, 0.25) is 0 Å². The van der Waals surface area contributed by atoms with Gasteiger partial charge in [0, 0.05) is 13.6 Å². The molecule has 8 nitrogen and oxygen atoms in total. The van der Waals surface area contributed by atoms with Gasteiger partial charge >= 0.3 is 0 Å². The second-order valence-corrected chi connectivity index (χ2v) is 7.13. The summed E-state index contributed by atoms with van der Waals surface area (Å²) in [4.78, 5) is 13.4. The molecule has 3 heterocycles. The number of para-hydroxylation sites is 1. The maximum atomic E-state index is 5.97. The Morgan fingerprint density at radius 2 is 2.11 bits per heavy atom. The molecule has 0 amide bonds. The van der Waals surface area contributed by atoms with Crippen LogP contribution in [-0.4, -0.2) is 32.3 Å². The predicted molar refractivity (Wildman–Crippen MR) is 110 cm³/mol. The first-order chi connectivity index (χ1) is 13.7. The molecule has 1 aromatic carbocycles. The first kappa shape index (κ1) is 18.2. The fourth-order valence-corrected chi connectivity index (χ4v) is 3.62. The summed E-state index contributed by atoms with van der Waals surface area (Å²) in [6.45, 7) is 3.76. The number of aromatic nitrogens is 4. The van der Waals surface area contributed by atoms with E-state index < -0.39 is 0 Å². The quantitative estimate of drug-likeness (QED) is 0.385. The monoisotopic (exact) mass is 395 g/mol. The van der Waals surface area contributed by atoms with E-state index in [-0.39, 0.29) is 0 Å². The standard InChI is InChI=1S/C19H21N7OS/c1-3-20-19(22-11-17-23-12-24-26(17)2)21-10-13-8-9-15(27-13)18-25-14-6-4-5-7-16(14)28-18/h4-9,12H,3,10-11H2,1-2H3,(H2,20,21,22). The molecule has 0 aliphatic carbocycles. The van der Waals surface area contributed by atoms with E-state index in [9.17, 15) is 0 Å². The van der Waals surface area contributed by atoms with Gasteiger partial charge in [0.25, 0.3) is 0 Å². The summed E-state index contributed by atoms with van der Waals surface area (Å²) in [5.41, 5.74) is 0.990. The average Bonchev–Trinajstić information content (AvgIpc) is 3.43. The van der Waals surface area contributed by atoms with Gasteiger partial charge in [-0.2, -0.15) is 5.10 Å². The van der Waals surface area contributed by atoms with Crippen LogP contribution in [0.4, 0.5) is 0 Å². The molecule has 0 aliphatic rings. The average molecular weight is 395 g/mol. The minimum Gasteiger partial charge on any atom is -0.457 e. The molecular formula is C19H21N7OS. The number of nitrogens with zero attached hydrogens (tertiary/aromatic N) is 5. The summed E-state index contributed by atoms with van der Waals surface area (Å²) < 4.78 is 8.84. The van der Waals surface area contributed by atoms with Crippen molar-refractivity contribution < 1.29 is 4.42 Å². The van der Waals surface area contributed by atoms with Crippen molar-refractivity contribution in [2.24, 2.45) is 12.0 Å². The highest BCUT2D eigenvalue weighted by Gasteiger charge is 2.11. The Morgan fingerprint density at radius 1 is 1.21 bits per heavy atom. The summed E-state index contributed by atoms with van der Waals surface area (Å²) in [6.07, 6.45) is 1.53. The zero-order valence-electron chi connectivity index (χ0n) is 15.7. The number of thiazole rings is 1. The highest BCUT2D eigenvalue weighted by molar-refractivity contribution is 7.21. The van der Waals surface area contributed by atoms with Gasteiger partial charge in [-0.3, -0.25) is 4.68 Å². The van der Waals surface area contributed by atoms with Crippen molar-refractivity contribution in [3.8, 4) is 10.8 Å². The molecule has 3 aromatic heterocycles. The first-order valence-electron chi connectivity index (χ1n) is 9.02. The van der Waals surface area contributed by atoms with Crippen LogP contribution in [0.1, 0.15) is 18.5 Å². The molecule has 28 heavy (non-hydrogen) atoms. The third-order valence-electron chi connectivity index (χ3n) is 4.12. The summed E-state index contributed by atoms with van der Waals surface area (Å²) in [5, 5.41) is 11.4. The van der Waals surface area contributed by atoms with Gasteiger partial charge in [0.15, 0.2) is 16.7 Å². The van der Waals surface area contributed by atoms with Crippen LogP contribution in [0.3, 0.4) is 0 Å². The first-order valence-corrected chi connectivity index (χ1v) is 9.84. The molecule has 0 aliphatic heterocycles. The summed E-state index contributed by atoms with van der Waals surface area (Å²) in [7, 11) is 1.85. The van der Waals surface area contributed by atoms with Crippen molar-refractivity contribution in [1.29, 1.82) is 0 Å². The van der Waals surface area contributed by atoms with E-state index in [1.54, 1.807) is 16.0 Å². The number of fused-ring (bicyclic) bond motifs is 1. The molecule has 2 N–H and O–H groups in total. The van der Waals surface area contributed by atoms with Crippen LogP contribution in [-0.2, 0) is 20.1 Å². The van der Waals surface area contributed by atoms with Crippen LogP contribution in [0, 0.1) is 0 Å². The summed E-state index contributed by atoms with van der Waals surface area (Å²) in [5.74, 6) is 3.09. The van der Waals surface area contributed by atoms with E-state index in [1.807, 2.05) is 44.3 Å². The van der Waals surface area contributed by atoms with E-state index >= 15 is 0 Å². The minimum absolute atomic E-state index is 0.445. The van der Waals surface area contributed by atoms with Crippen LogP contribution >= 0.6 is 11.3 Å².